The SMILES string of the molecule is Oc1ccc2ccc3cc2c1-c1c(O)c(-c2ccccc2)cc2ccc(cc12)OCC[C@@H](O)[C@H](O)CCO3. The largest absolute Gasteiger partial charge is 0.507 e. The summed E-state index contributed by atoms with van der Waals surface area (Å²) < 4.78 is 11.9. The summed E-state index contributed by atoms with van der Waals surface area (Å²) in [5.74, 6) is 1.20. The molecule has 0 aliphatic carbocycles. The van der Waals surface area contributed by atoms with Crippen molar-refractivity contribution >= 4 is 21.5 Å². The van der Waals surface area contributed by atoms with Crippen LogP contribution in [-0.4, -0.2) is 45.8 Å². The summed E-state index contributed by atoms with van der Waals surface area (Å²) >= 11 is 0. The van der Waals surface area contributed by atoms with Gasteiger partial charge in [-0.05, 0) is 63.5 Å². The van der Waals surface area contributed by atoms with E-state index in [0.29, 0.717) is 39.0 Å². The van der Waals surface area contributed by atoms with Crippen LogP contribution < -0.4 is 9.47 Å². The Balaban J connectivity index is 1.66. The number of phenolic OH excluding ortho intramolecular Hbond substituents is 2. The highest BCUT2D eigenvalue weighted by Crippen LogP contribution is 2.49. The molecule has 0 fully saturated rings. The molecule has 5 aromatic rings. The summed E-state index contributed by atoms with van der Waals surface area (Å²) in [6, 6.07) is 26.2. The van der Waals surface area contributed by atoms with Crippen molar-refractivity contribution in [3.05, 3.63) is 84.9 Å². The number of benzene rings is 5. The van der Waals surface area contributed by atoms with Crippen molar-refractivity contribution in [2.45, 2.75) is 25.0 Å². The first-order chi connectivity index (χ1) is 18.5. The predicted octanol–water partition coefficient (Wildman–Crippen LogP) is 6.01. The molecule has 1 heterocycles. The van der Waals surface area contributed by atoms with Crippen LogP contribution in [0.25, 0.3) is 43.8 Å². The van der Waals surface area contributed by atoms with Gasteiger partial charge in [-0.25, -0.2) is 0 Å². The summed E-state index contributed by atoms with van der Waals surface area (Å²) in [5.41, 5.74) is 2.49. The van der Waals surface area contributed by atoms with Crippen molar-refractivity contribution in [3.8, 4) is 45.3 Å². The quantitative estimate of drug-likeness (QED) is 0.221. The van der Waals surface area contributed by atoms with Crippen LogP contribution in [0, 0.1) is 0 Å². The first-order valence-corrected chi connectivity index (χ1v) is 12.7. The number of phenols is 2. The van der Waals surface area contributed by atoms with E-state index in [4.69, 9.17) is 9.47 Å². The lowest BCUT2D eigenvalue weighted by Crippen LogP contribution is -2.29. The standard InChI is InChI=1S/C32H28O6/c33-27-12-14-37-22-9-6-20-8-11-29(35)30(24(20)17-22)31-25-18-23(38-15-13-28(27)34)10-7-21(25)16-26(32(31)36)19-4-2-1-3-5-19/h1-11,16-18,27-28,33-36H,12-15H2/t27-,28-/m1/s1. The Bertz CT molecular complexity index is 1630. The van der Waals surface area contributed by atoms with Crippen LogP contribution in [0.4, 0.5) is 0 Å². The Morgan fingerprint density at radius 2 is 1.18 bits per heavy atom. The summed E-state index contributed by atoms with van der Waals surface area (Å²) in [4.78, 5) is 0. The minimum absolute atomic E-state index is 0.0300. The second kappa shape index (κ2) is 9.89. The van der Waals surface area contributed by atoms with Gasteiger partial charge in [0.1, 0.15) is 23.0 Å². The third-order valence-electron chi connectivity index (χ3n) is 7.20. The van der Waals surface area contributed by atoms with Gasteiger partial charge in [-0.2, -0.15) is 0 Å². The number of hydrogen-bond acceptors (Lipinski definition) is 6. The van der Waals surface area contributed by atoms with Gasteiger partial charge in [-0.1, -0.05) is 48.5 Å². The average Bonchev–Trinajstić information content (AvgIpc) is 2.93. The maximum Gasteiger partial charge on any atom is 0.132 e. The normalized spacial score (nSPS) is 17.9. The number of aliphatic hydroxyl groups excluding tert-OH is 2. The average molecular weight is 509 g/mol. The molecule has 0 amide bonds. The van der Waals surface area contributed by atoms with Gasteiger partial charge in [0.2, 0.25) is 0 Å². The van der Waals surface area contributed by atoms with Crippen LogP contribution in [0.2, 0.25) is 0 Å². The highest BCUT2D eigenvalue weighted by atomic mass is 16.5. The second-order valence-corrected chi connectivity index (χ2v) is 9.65. The molecule has 6 heteroatoms. The molecule has 0 saturated carbocycles. The van der Waals surface area contributed by atoms with Crippen molar-refractivity contribution in [1.82, 2.24) is 0 Å². The molecule has 1 aliphatic heterocycles. The summed E-state index contributed by atoms with van der Waals surface area (Å²) in [6.07, 6.45) is -1.38. The fourth-order valence-electron chi connectivity index (χ4n) is 5.16. The number of aliphatic hydroxyl groups is 2. The lowest BCUT2D eigenvalue weighted by molar-refractivity contribution is -0.00333. The fraction of sp³-hybridized carbons (Fsp3) is 0.188. The zero-order chi connectivity index (χ0) is 26.2. The highest BCUT2D eigenvalue weighted by molar-refractivity contribution is 6.12. The Morgan fingerprint density at radius 1 is 0.605 bits per heavy atom. The van der Waals surface area contributed by atoms with E-state index in [1.165, 1.54) is 0 Å². The monoisotopic (exact) mass is 508 g/mol. The third kappa shape index (κ3) is 4.38. The van der Waals surface area contributed by atoms with E-state index in [1.807, 2.05) is 78.9 Å². The molecule has 0 saturated heterocycles. The van der Waals surface area contributed by atoms with Crippen molar-refractivity contribution < 1.29 is 29.9 Å². The van der Waals surface area contributed by atoms with Crippen molar-refractivity contribution in [2.75, 3.05) is 13.2 Å². The topological polar surface area (TPSA) is 99.4 Å². The van der Waals surface area contributed by atoms with E-state index < -0.39 is 12.2 Å². The predicted molar refractivity (Wildman–Crippen MR) is 148 cm³/mol. The summed E-state index contributed by atoms with van der Waals surface area (Å²) in [7, 11) is 0. The Morgan fingerprint density at radius 3 is 1.84 bits per heavy atom. The maximum atomic E-state index is 11.8. The van der Waals surface area contributed by atoms with Gasteiger partial charge >= 0.3 is 0 Å². The minimum atomic E-state index is -0.944. The van der Waals surface area contributed by atoms with E-state index >= 15 is 0 Å². The number of hydrogen-bond donors (Lipinski definition) is 4. The van der Waals surface area contributed by atoms with Crippen LogP contribution in [0.15, 0.2) is 84.9 Å². The number of rotatable bonds is 1. The van der Waals surface area contributed by atoms with Crippen LogP contribution >= 0.6 is 0 Å². The number of fused-ring (bicyclic) bond motifs is 3. The third-order valence-corrected chi connectivity index (χ3v) is 7.20. The molecule has 4 N–H and O–H groups in total. The van der Waals surface area contributed by atoms with Crippen molar-refractivity contribution in [2.24, 2.45) is 0 Å². The molecule has 4 bridgehead atoms. The van der Waals surface area contributed by atoms with Gasteiger partial charge in [0.25, 0.3) is 0 Å². The first kappa shape index (κ1) is 24.1. The fourth-order valence-corrected chi connectivity index (χ4v) is 5.16. The van der Waals surface area contributed by atoms with Crippen LogP contribution in [0.5, 0.6) is 23.0 Å². The molecule has 0 unspecified atom stereocenters. The molecule has 38 heavy (non-hydrogen) atoms. The zero-order valence-electron chi connectivity index (χ0n) is 20.7. The lowest BCUT2D eigenvalue weighted by Gasteiger charge is -2.20. The minimum Gasteiger partial charge on any atom is -0.507 e. The van der Waals surface area contributed by atoms with Gasteiger partial charge < -0.3 is 29.9 Å². The summed E-state index contributed by atoms with van der Waals surface area (Å²) in [5, 5.41) is 46.9. The van der Waals surface area contributed by atoms with Crippen LogP contribution in [0.3, 0.4) is 0 Å². The smallest absolute Gasteiger partial charge is 0.132 e. The van der Waals surface area contributed by atoms with E-state index in [0.717, 1.165) is 16.3 Å². The Kier molecular flexibility index (Phi) is 6.27. The Hall–Kier alpha value is -4.26. The van der Waals surface area contributed by atoms with Gasteiger partial charge in [-0.3, -0.25) is 0 Å². The number of aromatic hydroxyl groups is 2. The molecule has 0 spiro atoms. The summed E-state index contributed by atoms with van der Waals surface area (Å²) in [6.45, 7) is 0.407. The number of ether oxygens (including phenoxy) is 2. The maximum absolute atomic E-state index is 11.8. The van der Waals surface area contributed by atoms with Crippen molar-refractivity contribution in [1.29, 1.82) is 0 Å². The van der Waals surface area contributed by atoms with E-state index in [-0.39, 0.29) is 37.6 Å². The van der Waals surface area contributed by atoms with Gasteiger partial charge in [-0.15, -0.1) is 0 Å². The molecular weight excluding hydrogens is 480 g/mol. The van der Waals surface area contributed by atoms with Gasteiger partial charge in [0, 0.05) is 29.5 Å². The van der Waals surface area contributed by atoms with Gasteiger partial charge in [0.05, 0.1) is 25.4 Å². The molecule has 6 rings (SSSR count). The van der Waals surface area contributed by atoms with Gasteiger partial charge in [0.15, 0.2) is 0 Å². The molecule has 1 aliphatic rings. The molecule has 6 nitrogen and oxygen atoms in total. The van der Waals surface area contributed by atoms with E-state index in [9.17, 15) is 20.4 Å². The zero-order valence-corrected chi connectivity index (χ0v) is 20.7. The molecular formula is C32H28O6. The van der Waals surface area contributed by atoms with E-state index in [1.54, 1.807) is 6.07 Å². The van der Waals surface area contributed by atoms with Crippen molar-refractivity contribution in [3.63, 3.8) is 0 Å². The highest BCUT2D eigenvalue weighted by Gasteiger charge is 2.22. The molecule has 0 aromatic heterocycles. The molecule has 192 valence electrons. The van der Waals surface area contributed by atoms with Crippen LogP contribution in [0.1, 0.15) is 12.8 Å². The first-order valence-electron chi connectivity index (χ1n) is 12.7. The molecule has 0 radical (unpaired) electrons. The lowest BCUT2D eigenvalue weighted by atomic mass is 9.88. The Labute approximate surface area is 219 Å². The second-order valence-electron chi connectivity index (χ2n) is 9.65. The van der Waals surface area contributed by atoms with Crippen LogP contribution in [-0.2, 0) is 0 Å². The van der Waals surface area contributed by atoms with E-state index in [2.05, 4.69) is 0 Å². The molecule has 5 aromatic carbocycles. The molecule has 2 atom stereocenters.